The zero-order chi connectivity index (χ0) is 11.9. The van der Waals surface area contributed by atoms with Crippen LogP contribution < -0.4 is 5.32 Å². The van der Waals surface area contributed by atoms with Gasteiger partial charge in [0.05, 0.1) is 0 Å². The predicted octanol–water partition coefficient (Wildman–Crippen LogP) is 2.20. The van der Waals surface area contributed by atoms with Crippen molar-refractivity contribution in [2.24, 2.45) is 11.3 Å². The number of halogens is 1. The van der Waals surface area contributed by atoms with Gasteiger partial charge in [0.2, 0.25) is 5.91 Å². The zero-order valence-corrected chi connectivity index (χ0v) is 12.1. The third-order valence-electron chi connectivity index (χ3n) is 4.82. The summed E-state index contributed by atoms with van der Waals surface area (Å²) >= 11 is 0. The molecule has 1 atom stereocenters. The molecule has 18 heavy (non-hydrogen) atoms. The van der Waals surface area contributed by atoms with E-state index in [1.807, 2.05) is 0 Å². The second kappa shape index (κ2) is 5.38. The molecule has 3 aliphatic rings. The first kappa shape index (κ1) is 14.1. The first-order chi connectivity index (χ1) is 8.27. The smallest absolute Gasteiger partial charge is 0.226 e. The van der Waals surface area contributed by atoms with E-state index < -0.39 is 0 Å². The van der Waals surface area contributed by atoms with Crippen molar-refractivity contribution in [1.82, 2.24) is 10.2 Å². The highest BCUT2D eigenvalue weighted by Gasteiger charge is 2.59. The molecule has 3 fully saturated rings. The summed E-state index contributed by atoms with van der Waals surface area (Å²) in [5.74, 6) is 0.855. The van der Waals surface area contributed by atoms with Gasteiger partial charge in [-0.25, -0.2) is 0 Å². The molecule has 1 amide bonds. The lowest BCUT2D eigenvalue weighted by atomic mass is 9.91. The van der Waals surface area contributed by atoms with E-state index >= 15 is 0 Å². The Morgan fingerprint density at radius 2 is 2.00 bits per heavy atom. The predicted molar refractivity (Wildman–Crippen MR) is 74.9 cm³/mol. The van der Waals surface area contributed by atoms with Crippen LogP contribution in [0.2, 0.25) is 0 Å². The topological polar surface area (TPSA) is 32.3 Å². The van der Waals surface area contributed by atoms with Crippen LogP contribution in [0.15, 0.2) is 0 Å². The Hall–Kier alpha value is -0.280. The Balaban J connectivity index is 0.00000120. The van der Waals surface area contributed by atoms with E-state index in [1.54, 1.807) is 0 Å². The Labute approximate surface area is 116 Å². The minimum Gasteiger partial charge on any atom is -0.339 e. The molecular weight excluding hydrogens is 248 g/mol. The van der Waals surface area contributed by atoms with E-state index in [2.05, 4.69) is 17.1 Å². The van der Waals surface area contributed by atoms with E-state index in [9.17, 15) is 4.79 Å². The average Bonchev–Trinajstić information content (AvgIpc) is 3.23. The molecule has 2 aliphatic carbocycles. The van der Waals surface area contributed by atoms with Crippen LogP contribution >= 0.6 is 12.4 Å². The molecule has 0 aromatic carbocycles. The molecule has 2 saturated carbocycles. The summed E-state index contributed by atoms with van der Waals surface area (Å²) in [7, 11) is 0. The van der Waals surface area contributed by atoms with Gasteiger partial charge in [-0.2, -0.15) is 0 Å². The number of nitrogens with one attached hydrogen (secondary N) is 1. The van der Waals surface area contributed by atoms with Crippen molar-refractivity contribution >= 4 is 18.3 Å². The van der Waals surface area contributed by atoms with Crippen LogP contribution in [0.5, 0.6) is 0 Å². The fraction of sp³-hybridized carbons (Fsp3) is 0.929. The van der Waals surface area contributed by atoms with Crippen molar-refractivity contribution in [2.75, 3.05) is 19.6 Å². The first-order valence-electron chi connectivity index (χ1n) is 7.28. The standard InChI is InChI=1S/C14H24N2O.ClH/c1-2-9-16(11-3-4-11)13(17)12-10-14(12)5-7-15-8-6-14;/h11-12,15H,2-10H2,1H3;1H. The van der Waals surface area contributed by atoms with Gasteiger partial charge in [0.1, 0.15) is 0 Å². The monoisotopic (exact) mass is 272 g/mol. The van der Waals surface area contributed by atoms with Gasteiger partial charge >= 0.3 is 0 Å². The lowest BCUT2D eigenvalue weighted by Gasteiger charge is -2.27. The van der Waals surface area contributed by atoms with Gasteiger partial charge in [-0.1, -0.05) is 6.92 Å². The Morgan fingerprint density at radius 1 is 1.33 bits per heavy atom. The maximum Gasteiger partial charge on any atom is 0.226 e. The Morgan fingerprint density at radius 3 is 2.56 bits per heavy atom. The van der Waals surface area contributed by atoms with Gasteiger partial charge in [-0.05, 0) is 57.0 Å². The van der Waals surface area contributed by atoms with E-state index in [0.29, 0.717) is 23.3 Å². The van der Waals surface area contributed by atoms with E-state index in [1.165, 1.54) is 32.1 Å². The van der Waals surface area contributed by atoms with Crippen LogP contribution in [-0.4, -0.2) is 36.5 Å². The Kier molecular flexibility index (Phi) is 4.22. The summed E-state index contributed by atoms with van der Waals surface area (Å²) in [5.41, 5.74) is 0.406. The van der Waals surface area contributed by atoms with Crippen LogP contribution in [0.1, 0.15) is 45.4 Å². The molecule has 4 heteroatoms. The summed E-state index contributed by atoms with van der Waals surface area (Å²) < 4.78 is 0. The number of hydrogen-bond acceptors (Lipinski definition) is 2. The van der Waals surface area contributed by atoms with Crippen LogP contribution in [0.25, 0.3) is 0 Å². The van der Waals surface area contributed by atoms with Crippen molar-refractivity contribution < 1.29 is 4.79 Å². The lowest BCUT2D eigenvalue weighted by Crippen LogP contribution is -2.38. The third kappa shape index (κ3) is 2.53. The van der Waals surface area contributed by atoms with Crippen molar-refractivity contribution in [1.29, 1.82) is 0 Å². The molecule has 0 radical (unpaired) electrons. The van der Waals surface area contributed by atoms with Crippen LogP contribution in [0, 0.1) is 11.3 Å². The number of carbonyl (C=O) groups excluding carboxylic acids is 1. The summed E-state index contributed by atoms with van der Waals surface area (Å²) in [6.07, 6.45) is 7.19. The molecule has 1 N–H and O–H groups in total. The maximum atomic E-state index is 12.6. The maximum absolute atomic E-state index is 12.6. The molecule has 0 aromatic rings. The minimum atomic E-state index is 0. The number of hydrogen-bond donors (Lipinski definition) is 1. The van der Waals surface area contributed by atoms with Crippen molar-refractivity contribution in [3.63, 3.8) is 0 Å². The zero-order valence-electron chi connectivity index (χ0n) is 11.3. The highest BCUT2D eigenvalue weighted by atomic mass is 35.5. The van der Waals surface area contributed by atoms with Crippen molar-refractivity contribution in [3.8, 4) is 0 Å². The summed E-state index contributed by atoms with van der Waals surface area (Å²) in [4.78, 5) is 14.8. The quantitative estimate of drug-likeness (QED) is 0.851. The van der Waals surface area contributed by atoms with Gasteiger partial charge in [0, 0.05) is 18.5 Å². The summed E-state index contributed by atoms with van der Waals surface area (Å²) in [5, 5.41) is 3.40. The number of rotatable bonds is 4. The fourth-order valence-electron chi connectivity index (χ4n) is 3.47. The molecule has 3 nitrogen and oxygen atoms in total. The van der Waals surface area contributed by atoms with E-state index in [4.69, 9.17) is 0 Å². The van der Waals surface area contributed by atoms with Gasteiger partial charge in [-0.15, -0.1) is 12.4 Å². The van der Waals surface area contributed by atoms with E-state index in [-0.39, 0.29) is 12.4 Å². The van der Waals surface area contributed by atoms with Crippen molar-refractivity contribution in [2.45, 2.75) is 51.5 Å². The molecule has 1 saturated heterocycles. The highest BCUT2D eigenvalue weighted by molar-refractivity contribution is 5.85. The van der Waals surface area contributed by atoms with Crippen LogP contribution in [0.4, 0.5) is 0 Å². The second-order valence-electron chi connectivity index (χ2n) is 6.13. The number of amides is 1. The minimum absolute atomic E-state index is 0. The molecule has 104 valence electrons. The molecule has 1 aliphatic heterocycles. The molecule has 0 bridgehead atoms. The van der Waals surface area contributed by atoms with Crippen LogP contribution in [-0.2, 0) is 4.79 Å². The van der Waals surface area contributed by atoms with Gasteiger partial charge < -0.3 is 10.2 Å². The molecule has 1 heterocycles. The third-order valence-corrected chi connectivity index (χ3v) is 4.82. The summed E-state index contributed by atoms with van der Waals surface area (Å²) in [6, 6.07) is 0.599. The fourth-order valence-corrected chi connectivity index (χ4v) is 3.47. The molecular formula is C14H25ClN2O. The highest BCUT2D eigenvalue weighted by Crippen LogP contribution is 2.59. The van der Waals surface area contributed by atoms with Crippen molar-refractivity contribution in [3.05, 3.63) is 0 Å². The average molecular weight is 273 g/mol. The number of carbonyl (C=O) groups is 1. The van der Waals surface area contributed by atoms with E-state index in [0.717, 1.165) is 26.1 Å². The molecule has 3 rings (SSSR count). The first-order valence-corrected chi connectivity index (χ1v) is 7.28. The molecule has 1 spiro atoms. The van der Waals surface area contributed by atoms with Crippen LogP contribution in [0.3, 0.4) is 0 Å². The largest absolute Gasteiger partial charge is 0.339 e. The SMILES string of the molecule is CCCN(C(=O)C1CC12CCNCC2)C1CC1.Cl. The lowest BCUT2D eigenvalue weighted by molar-refractivity contribution is -0.134. The number of piperidine rings is 1. The van der Waals surface area contributed by atoms with Gasteiger partial charge in [0.15, 0.2) is 0 Å². The molecule has 0 aromatic heterocycles. The molecule has 1 unspecified atom stereocenters. The number of nitrogens with zero attached hydrogens (tertiary/aromatic N) is 1. The van der Waals surface area contributed by atoms with Gasteiger partial charge in [-0.3, -0.25) is 4.79 Å². The van der Waals surface area contributed by atoms with Gasteiger partial charge in [0.25, 0.3) is 0 Å². The second-order valence-corrected chi connectivity index (χ2v) is 6.13. The summed E-state index contributed by atoms with van der Waals surface area (Å²) in [6.45, 7) is 5.38. The normalized spacial score (nSPS) is 28.6. The Bertz CT molecular complexity index is 311.